The number of halogens is 1. The van der Waals surface area contributed by atoms with Gasteiger partial charge >= 0.3 is 0 Å². The molecule has 0 radical (unpaired) electrons. The van der Waals surface area contributed by atoms with E-state index in [4.69, 9.17) is 4.74 Å². The van der Waals surface area contributed by atoms with Crippen LogP contribution in [0, 0.1) is 0 Å². The lowest BCUT2D eigenvalue weighted by atomic mass is 10.2. The molecule has 1 aliphatic heterocycles. The summed E-state index contributed by atoms with van der Waals surface area (Å²) in [5.74, 6) is 0.413. The van der Waals surface area contributed by atoms with E-state index in [-0.39, 0.29) is 23.6 Å². The number of hydrogen-bond acceptors (Lipinski definition) is 4. The third-order valence-electron chi connectivity index (χ3n) is 2.68. The molecule has 1 saturated heterocycles. The first kappa shape index (κ1) is 16.6. The first-order valence-electron chi connectivity index (χ1n) is 5.85. The van der Waals surface area contributed by atoms with Gasteiger partial charge in [-0.15, -0.1) is 0 Å². The summed E-state index contributed by atoms with van der Waals surface area (Å²) < 4.78 is 5.22. The van der Waals surface area contributed by atoms with Gasteiger partial charge in [-0.2, -0.15) is 0 Å². The molecule has 3 N–H and O–H groups in total. The molecule has 2 amide bonds. The Hall–Kier alpha value is -1.50. The number of hydrogen-bond donors (Lipinski definition) is 1. The van der Waals surface area contributed by atoms with Crippen molar-refractivity contribution in [1.29, 1.82) is 0 Å². The maximum absolute atomic E-state index is 12.1. The summed E-state index contributed by atoms with van der Waals surface area (Å²) >= 11 is 0.951. The molecule has 20 heavy (non-hydrogen) atoms. The minimum Gasteiger partial charge on any atom is -1.00 e. The van der Waals surface area contributed by atoms with Gasteiger partial charge in [0.15, 0.2) is 0 Å². The minimum atomic E-state index is -0.260. The number of nitrogens with zero attached hydrogens (tertiary/aromatic N) is 1. The summed E-state index contributed by atoms with van der Waals surface area (Å²) in [5.41, 5.74) is 4.44. The summed E-state index contributed by atoms with van der Waals surface area (Å²) in [7, 11) is 1.57. The van der Waals surface area contributed by atoms with Gasteiger partial charge in [0.1, 0.15) is 5.75 Å². The zero-order valence-corrected chi connectivity index (χ0v) is 12.5. The predicted molar refractivity (Wildman–Crippen MR) is 73.4 cm³/mol. The summed E-state index contributed by atoms with van der Waals surface area (Å²) in [6.07, 6.45) is 1.69. The summed E-state index contributed by atoms with van der Waals surface area (Å²) in [6, 6.07) is 7.36. The van der Waals surface area contributed by atoms with Gasteiger partial charge in [0, 0.05) is 5.56 Å². The van der Waals surface area contributed by atoms with Crippen LogP contribution >= 0.6 is 11.8 Å². The molecule has 1 fully saturated rings. The number of quaternary nitrogens is 1. The lowest BCUT2D eigenvalue weighted by molar-refractivity contribution is -0.367. The van der Waals surface area contributed by atoms with Crippen LogP contribution < -0.4 is 22.9 Å². The van der Waals surface area contributed by atoms with Crippen molar-refractivity contribution in [1.82, 2.24) is 4.90 Å². The molecule has 0 atom stereocenters. The number of carbonyl (C=O) groups is 2. The first-order chi connectivity index (χ1) is 9.17. The Morgan fingerprint density at radius 3 is 2.70 bits per heavy atom. The van der Waals surface area contributed by atoms with Gasteiger partial charge in [-0.1, -0.05) is 18.2 Å². The number of benzene rings is 1. The zero-order valence-electron chi connectivity index (χ0n) is 11.0. The number of para-hydroxylation sites is 1. The van der Waals surface area contributed by atoms with Crippen LogP contribution in [0.3, 0.4) is 0 Å². The number of rotatable bonds is 4. The molecule has 0 spiro atoms. The van der Waals surface area contributed by atoms with Crippen LogP contribution in [0.25, 0.3) is 6.08 Å². The Kier molecular flexibility index (Phi) is 6.06. The van der Waals surface area contributed by atoms with E-state index in [1.807, 2.05) is 24.3 Å². The Labute approximate surface area is 127 Å². The third-order valence-corrected chi connectivity index (χ3v) is 3.59. The van der Waals surface area contributed by atoms with Gasteiger partial charge in [-0.05, 0) is 23.9 Å². The second-order valence-electron chi connectivity index (χ2n) is 3.93. The monoisotopic (exact) mass is 314 g/mol. The SMILES string of the molecule is COc1ccccc1/C=C1\SC(=O)N(CC[NH3+])C1=O.[Cl-]. The van der Waals surface area contributed by atoms with Crippen molar-refractivity contribution in [3.05, 3.63) is 34.7 Å². The average Bonchev–Trinajstić information content (AvgIpc) is 2.67. The quantitative estimate of drug-likeness (QED) is 0.651. The topological polar surface area (TPSA) is 74.2 Å². The van der Waals surface area contributed by atoms with Crippen LogP contribution in [0.15, 0.2) is 29.2 Å². The van der Waals surface area contributed by atoms with Crippen LogP contribution in [0.2, 0.25) is 0 Å². The third kappa shape index (κ3) is 3.33. The Morgan fingerprint density at radius 2 is 2.05 bits per heavy atom. The Bertz CT molecular complexity index is 548. The lowest BCUT2D eigenvalue weighted by Gasteiger charge is -2.08. The number of ether oxygens (including phenoxy) is 1. The first-order valence-corrected chi connectivity index (χ1v) is 6.66. The van der Waals surface area contributed by atoms with E-state index in [1.54, 1.807) is 13.2 Å². The van der Waals surface area contributed by atoms with Crippen molar-refractivity contribution in [3.8, 4) is 5.75 Å². The molecule has 1 aromatic carbocycles. The number of thioether (sulfide) groups is 1. The van der Waals surface area contributed by atoms with Gasteiger partial charge in [0.2, 0.25) is 0 Å². The number of carbonyl (C=O) groups excluding carboxylic acids is 2. The van der Waals surface area contributed by atoms with Gasteiger partial charge in [0.05, 0.1) is 25.1 Å². The van der Waals surface area contributed by atoms with Gasteiger partial charge < -0.3 is 22.9 Å². The average molecular weight is 315 g/mol. The molecule has 0 aliphatic carbocycles. The molecular weight excluding hydrogens is 300 g/mol. The van der Waals surface area contributed by atoms with E-state index in [2.05, 4.69) is 5.73 Å². The number of amides is 2. The fourth-order valence-electron chi connectivity index (χ4n) is 1.78. The molecule has 108 valence electrons. The second kappa shape index (κ2) is 7.33. The van der Waals surface area contributed by atoms with Gasteiger partial charge in [0.25, 0.3) is 11.1 Å². The molecule has 0 unspecified atom stereocenters. The van der Waals surface area contributed by atoms with E-state index < -0.39 is 0 Å². The van der Waals surface area contributed by atoms with E-state index in [0.29, 0.717) is 23.7 Å². The van der Waals surface area contributed by atoms with E-state index >= 15 is 0 Å². The molecule has 1 aromatic rings. The van der Waals surface area contributed by atoms with Crippen LogP contribution in [0.1, 0.15) is 5.56 Å². The summed E-state index contributed by atoms with van der Waals surface area (Å²) in [4.78, 5) is 25.4. The maximum Gasteiger partial charge on any atom is 0.293 e. The van der Waals surface area contributed by atoms with Crippen LogP contribution in [0.5, 0.6) is 5.75 Å². The maximum atomic E-state index is 12.1. The molecular formula is C13H15ClN2O3S. The van der Waals surface area contributed by atoms with Crippen LogP contribution in [-0.2, 0) is 4.79 Å². The van der Waals surface area contributed by atoms with Crippen molar-refractivity contribution < 1.29 is 32.5 Å². The van der Waals surface area contributed by atoms with Crippen molar-refractivity contribution in [2.75, 3.05) is 20.2 Å². The van der Waals surface area contributed by atoms with Crippen LogP contribution in [0.4, 0.5) is 4.79 Å². The zero-order chi connectivity index (χ0) is 13.8. The van der Waals surface area contributed by atoms with Crippen molar-refractivity contribution in [2.24, 2.45) is 0 Å². The smallest absolute Gasteiger partial charge is 0.293 e. The Balaban J connectivity index is 0.00000200. The van der Waals surface area contributed by atoms with Crippen molar-refractivity contribution >= 4 is 29.0 Å². The highest BCUT2D eigenvalue weighted by molar-refractivity contribution is 8.18. The van der Waals surface area contributed by atoms with Crippen LogP contribution in [-0.4, -0.2) is 36.2 Å². The fraction of sp³-hybridized carbons (Fsp3) is 0.231. The molecule has 0 saturated carbocycles. The normalized spacial score (nSPS) is 16.5. The lowest BCUT2D eigenvalue weighted by Crippen LogP contribution is -3.00. The minimum absolute atomic E-state index is 0. The summed E-state index contributed by atoms with van der Waals surface area (Å²) in [6.45, 7) is 0.869. The molecule has 5 nitrogen and oxygen atoms in total. The van der Waals surface area contributed by atoms with Gasteiger partial charge in [-0.3, -0.25) is 14.5 Å². The van der Waals surface area contributed by atoms with E-state index in [0.717, 1.165) is 17.3 Å². The number of methoxy groups -OCH3 is 1. The molecule has 1 heterocycles. The molecule has 0 aromatic heterocycles. The van der Waals surface area contributed by atoms with Crippen molar-refractivity contribution in [3.63, 3.8) is 0 Å². The van der Waals surface area contributed by atoms with E-state index in [1.165, 1.54) is 4.90 Å². The largest absolute Gasteiger partial charge is 1.00 e. The van der Waals surface area contributed by atoms with Gasteiger partial charge in [-0.25, -0.2) is 0 Å². The highest BCUT2D eigenvalue weighted by Crippen LogP contribution is 2.33. The highest BCUT2D eigenvalue weighted by atomic mass is 35.5. The van der Waals surface area contributed by atoms with Crippen molar-refractivity contribution in [2.45, 2.75) is 0 Å². The standard InChI is InChI=1S/C13H14N2O3S.ClH/c1-18-10-5-3-2-4-9(10)8-11-12(16)15(7-6-14)13(17)19-11;/h2-5,8H,6-7,14H2,1H3;1H/b11-8-;. The molecule has 1 aliphatic rings. The molecule has 2 rings (SSSR count). The highest BCUT2D eigenvalue weighted by Gasteiger charge is 2.34. The Morgan fingerprint density at radius 1 is 1.35 bits per heavy atom. The fourth-order valence-corrected chi connectivity index (χ4v) is 2.63. The number of imide groups is 1. The second-order valence-corrected chi connectivity index (χ2v) is 4.92. The summed E-state index contributed by atoms with van der Waals surface area (Å²) in [5, 5.41) is -0.241. The molecule has 7 heteroatoms. The van der Waals surface area contributed by atoms with E-state index in [9.17, 15) is 9.59 Å². The predicted octanol–water partition coefficient (Wildman–Crippen LogP) is -2.02. The molecule has 0 bridgehead atoms.